The number of rotatable bonds is 7. The minimum absolute atomic E-state index is 0.283. The van der Waals surface area contributed by atoms with Gasteiger partial charge >= 0.3 is 0 Å². The number of amides is 1. The van der Waals surface area contributed by atoms with Gasteiger partial charge in [0.05, 0.1) is 6.20 Å². The van der Waals surface area contributed by atoms with Crippen LogP contribution >= 0.6 is 0 Å². The van der Waals surface area contributed by atoms with E-state index in [2.05, 4.69) is 47.1 Å². The molecule has 0 N–H and O–H groups in total. The molecule has 5 heteroatoms. The molecule has 26 heavy (non-hydrogen) atoms. The zero-order chi connectivity index (χ0) is 18.4. The molecule has 2 heterocycles. The lowest BCUT2D eigenvalue weighted by Crippen LogP contribution is -2.42. The van der Waals surface area contributed by atoms with Crippen LogP contribution in [0.5, 0.6) is 0 Å². The number of benzene rings is 1. The summed E-state index contributed by atoms with van der Waals surface area (Å²) in [6.07, 6.45) is 6.66. The van der Waals surface area contributed by atoms with Crippen LogP contribution in [0.1, 0.15) is 37.3 Å². The van der Waals surface area contributed by atoms with E-state index >= 15 is 0 Å². The summed E-state index contributed by atoms with van der Waals surface area (Å²) < 4.78 is 2.01. The quantitative estimate of drug-likeness (QED) is 0.767. The molecule has 0 spiro atoms. The number of nitrogens with zero attached hydrogens (tertiary/aromatic N) is 4. The normalized spacial score (nSPS) is 18.9. The molecular weight excluding hydrogens is 324 g/mol. The van der Waals surface area contributed by atoms with Crippen molar-refractivity contribution in [2.75, 3.05) is 19.6 Å². The van der Waals surface area contributed by atoms with Crippen molar-refractivity contribution in [3.8, 4) is 0 Å². The van der Waals surface area contributed by atoms with Crippen LogP contribution in [0.4, 0.5) is 0 Å². The van der Waals surface area contributed by atoms with Crippen LogP contribution in [-0.2, 0) is 17.9 Å². The highest BCUT2D eigenvalue weighted by Gasteiger charge is 2.28. The third-order valence-electron chi connectivity index (χ3n) is 5.16. The summed E-state index contributed by atoms with van der Waals surface area (Å²) >= 11 is 0. The molecule has 1 saturated heterocycles. The molecule has 1 aliphatic rings. The molecule has 2 aromatic rings. The summed E-state index contributed by atoms with van der Waals surface area (Å²) in [4.78, 5) is 17.3. The lowest BCUT2D eigenvalue weighted by atomic mass is 10.1. The van der Waals surface area contributed by atoms with Gasteiger partial charge in [0.25, 0.3) is 0 Å². The number of hydrogen-bond donors (Lipinski definition) is 0. The van der Waals surface area contributed by atoms with Gasteiger partial charge in [0.15, 0.2) is 0 Å². The van der Waals surface area contributed by atoms with Gasteiger partial charge in [-0.15, -0.1) is 0 Å². The summed E-state index contributed by atoms with van der Waals surface area (Å²) in [5.74, 6) is 0.283. The van der Waals surface area contributed by atoms with Gasteiger partial charge in [0.1, 0.15) is 0 Å². The van der Waals surface area contributed by atoms with E-state index in [1.165, 1.54) is 11.1 Å². The standard InChI is InChI=1S/C21H30N4O/c1-3-20-17-23(11-7-12-24-15-18(2)14-22-24)13-10-21(26)25(20)16-19-8-5-4-6-9-19/h4-6,8-9,14-15,20H,3,7,10-13,16-17H2,1-2H3/t20-/m0/s1. The Labute approximate surface area is 156 Å². The molecule has 5 nitrogen and oxygen atoms in total. The molecule has 1 aliphatic heterocycles. The van der Waals surface area contributed by atoms with Crippen molar-refractivity contribution in [1.29, 1.82) is 0 Å². The molecule has 0 saturated carbocycles. The zero-order valence-corrected chi connectivity index (χ0v) is 16.0. The van der Waals surface area contributed by atoms with Crippen molar-refractivity contribution >= 4 is 5.91 Å². The first-order valence-electron chi connectivity index (χ1n) is 9.70. The maximum Gasteiger partial charge on any atom is 0.224 e. The van der Waals surface area contributed by atoms with E-state index in [9.17, 15) is 4.79 Å². The molecule has 1 fully saturated rings. The molecular formula is C21H30N4O. The Morgan fingerprint density at radius 3 is 2.69 bits per heavy atom. The van der Waals surface area contributed by atoms with Gasteiger partial charge in [-0.25, -0.2) is 0 Å². The predicted octanol–water partition coefficient (Wildman–Crippen LogP) is 3.09. The van der Waals surface area contributed by atoms with Crippen LogP contribution in [0.15, 0.2) is 42.7 Å². The molecule has 3 rings (SSSR count). The van der Waals surface area contributed by atoms with Crippen molar-refractivity contribution in [2.45, 2.75) is 52.2 Å². The van der Waals surface area contributed by atoms with Crippen LogP contribution in [0.3, 0.4) is 0 Å². The van der Waals surface area contributed by atoms with E-state index in [1.54, 1.807) is 0 Å². The van der Waals surface area contributed by atoms with Gasteiger partial charge in [-0.1, -0.05) is 37.3 Å². The van der Waals surface area contributed by atoms with Crippen LogP contribution < -0.4 is 0 Å². The Morgan fingerprint density at radius 1 is 1.19 bits per heavy atom. The molecule has 1 amide bonds. The first-order chi connectivity index (χ1) is 12.7. The first-order valence-corrected chi connectivity index (χ1v) is 9.70. The van der Waals surface area contributed by atoms with Gasteiger partial charge in [0, 0.05) is 44.8 Å². The number of carbonyl (C=O) groups excluding carboxylic acids is 1. The second-order valence-electron chi connectivity index (χ2n) is 7.25. The maximum atomic E-state index is 12.7. The zero-order valence-electron chi connectivity index (χ0n) is 16.0. The monoisotopic (exact) mass is 354 g/mol. The summed E-state index contributed by atoms with van der Waals surface area (Å²) in [6, 6.07) is 10.6. The smallest absolute Gasteiger partial charge is 0.224 e. The Hall–Kier alpha value is -2.14. The first kappa shape index (κ1) is 18.6. The van der Waals surface area contributed by atoms with E-state index in [1.807, 2.05) is 29.1 Å². The fourth-order valence-corrected chi connectivity index (χ4v) is 3.68. The predicted molar refractivity (Wildman–Crippen MR) is 104 cm³/mol. The molecule has 0 bridgehead atoms. The Bertz CT molecular complexity index is 697. The number of hydrogen-bond acceptors (Lipinski definition) is 3. The third-order valence-corrected chi connectivity index (χ3v) is 5.16. The van der Waals surface area contributed by atoms with E-state index in [4.69, 9.17) is 0 Å². The van der Waals surface area contributed by atoms with Crippen LogP contribution in [-0.4, -0.2) is 51.2 Å². The van der Waals surface area contributed by atoms with Crippen LogP contribution in [0.25, 0.3) is 0 Å². The van der Waals surface area contributed by atoms with Crippen molar-refractivity contribution < 1.29 is 4.79 Å². The molecule has 0 radical (unpaired) electrons. The third kappa shape index (κ3) is 4.94. The number of carbonyl (C=O) groups is 1. The average molecular weight is 354 g/mol. The summed E-state index contributed by atoms with van der Waals surface area (Å²) in [6.45, 7) is 8.75. The number of aromatic nitrogens is 2. The van der Waals surface area contributed by atoms with Crippen LogP contribution in [0.2, 0.25) is 0 Å². The van der Waals surface area contributed by atoms with E-state index in [0.717, 1.165) is 45.6 Å². The summed E-state index contributed by atoms with van der Waals surface area (Å²) in [5.41, 5.74) is 2.41. The van der Waals surface area contributed by atoms with Crippen molar-refractivity contribution in [3.63, 3.8) is 0 Å². The van der Waals surface area contributed by atoms with E-state index in [0.29, 0.717) is 6.42 Å². The largest absolute Gasteiger partial charge is 0.334 e. The van der Waals surface area contributed by atoms with Crippen LogP contribution in [0, 0.1) is 6.92 Å². The lowest BCUT2D eigenvalue weighted by molar-refractivity contribution is -0.133. The molecule has 0 unspecified atom stereocenters. The van der Waals surface area contributed by atoms with Gasteiger partial charge in [-0.3, -0.25) is 9.48 Å². The lowest BCUT2D eigenvalue weighted by Gasteiger charge is -2.31. The summed E-state index contributed by atoms with van der Waals surface area (Å²) in [7, 11) is 0. The fourth-order valence-electron chi connectivity index (χ4n) is 3.68. The van der Waals surface area contributed by atoms with E-state index < -0.39 is 0 Å². The van der Waals surface area contributed by atoms with Crippen molar-refractivity contribution in [2.24, 2.45) is 0 Å². The highest BCUT2D eigenvalue weighted by molar-refractivity contribution is 5.77. The SMILES string of the molecule is CC[C@H]1CN(CCCn2cc(C)cn2)CCC(=O)N1Cc1ccccc1. The minimum Gasteiger partial charge on any atom is -0.334 e. The maximum absolute atomic E-state index is 12.7. The van der Waals surface area contributed by atoms with Gasteiger partial charge in [-0.05, 0) is 37.4 Å². The van der Waals surface area contributed by atoms with Crippen molar-refractivity contribution in [3.05, 3.63) is 53.9 Å². The highest BCUT2D eigenvalue weighted by Crippen LogP contribution is 2.18. The topological polar surface area (TPSA) is 41.4 Å². The average Bonchev–Trinajstić information content (AvgIpc) is 3.01. The second-order valence-corrected chi connectivity index (χ2v) is 7.25. The second kappa shape index (κ2) is 8.99. The fraction of sp³-hybridized carbons (Fsp3) is 0.524. The van der Waals surface area contributed by atoms with E-state index in [-0.39, 0.29) is 11.9 Å². The molecule has 140 valence electrons. The molecule has 0 aliphatic carbocycles. The molecule has 1 atom stereocenters. The Balaban J connectivity index is 1.57. The molecule has 1 aromatic carbocycles. The Kier molecular flexibility index (Phi) is 6.45. The van der Waals surface area contributed by atoms with Crippen molar-refractivity contribution in [1.82, 2.24) is 19.6 Å². The molecule has 1 aromatic heterocycles. The van der Waals surface area contributed by atoms with Gasteiger partial charge in [-0.2, -0.15) is 5.10 Å². The summed E-state index contributed by atoms with van der Waals surface area (Å²) in [5, 5.41) is 4.35. The highest BCUT2D eigenvalue weighted by atomic mass is 16.2. The minimum atomic E-state index is 0.283. The van der Waals surface area contributed by atoms with Gasteiger partial charge < -0.3 is 9.80 Å². The Morgan fingerprint density at radius 2 is 2.00 bits per heavy atom. The van der Waals surface area contributed by atoms with Gasteiger partial charge in [0.2, 0.25) is 5.91 Å². The number of aryl methyl sites for hydroxylation is 2.